The molecule has 6 nitrogen and oxygen atoms in total. The van der Waals surface area contributed by atoms with Gasteiger partial charge in [-0.3, -0.25) is 4.99 Å². The lowest BCUT2D eigenvalue weighted by Gasteiger charge is -2.34. The minimum absolute atomic E-state index is 0. The summed E-state index contributed by atoms with van der Waals surface area (Å²) in [5, 5.41) is 7.10. The van der Waals surface area contributed by atoms with Crippen molar-refractivity contribution in [2.75, 3.05) is 43.0 Å². The highest BCUT2D eigenvalue weighted by Crippen LogP contribution is 2.23. The fourth-order valence-corrected chi connectivity index (χ4v) is 4.62. The Morgan fingerprint density at radius 2 is 1.64 bits per heavy atom. The number of halogens is 1. The van der Waals surface area contributed by atoms with E-state index in [0.717, 1.165) is 55.9 Å². The fourth-order valence-electron chi connectivity index (χ4n) is 4.62. The number of aromatic nitrogens is 1. The van der Waals surface area contributed by atoms with Crippen LogP contribution in [-0.2, 0) is 6.54 Å². The highest BCUT2D eigenvalue weighted by atomic mass is 127. The first-order chi connectivity index (χ1) is 15.6. The summed E-state index contributed by atoms with van der Waals surface area (Å²) >= 11 is 0. The maximum atomic E-state index is 4.67. The number of rotatable bonds is 5. The molecule has 0 unspecified atom stereocenters. The van der Waals surface area contributed by atoms with Crippen LogP contribution in [0.4, 0.5) is 11.5 Å². The SMILES string of the molecule is CN=C(NCc1ccc(N2CCC(C)CC2)cc1)NC1CCN(c2cccc(C)n2)CC1.I. The van der Waals surface area contributed by atoms with Gasteiger partial charge >= 0.3 is 0 Å². The molecule has 2 aliphatic heterocycles. The Hall–Kier alpha value is -2.03. The number of aliphatic imine (C=N–C) groups is 1. The van der Waals surface area contributed by atoms with Crippen LogP contribution in [0.3, 0.4) is 0 Å². The van der Waals surface area contributed by atoms with Crippen LogP contribution < -0.4 is 20.4 Å². The molecule has 0 radical (unpaired) electrons. The largest absolute Gasteiger partial charge is 0.372 e. The highest BCUT2D eigenvalue weighted by Gasteiger charge is 2.21. The topological polar surface area (TPSA) is 55.8 Å². The van der Waals surface area contributed by atoms with Crippen molar-refractivity contribution in [2.45, 2.75) is 52.1 Å². The van der Waals surface area contributed by atoms with Crippen LogP contribution in [0.2, 0.25) is 0 Å². The number of benzene rings is 1. The van der Waals surface area contributed by atoms with E-state index in [0.29, 0.717) is 6.04 Å². The van der Waals surface area contributed by atoms with Gasteiger partial charge in [0, 0.05) is 57.2 Å². The molecule has 1 aromatic heterocycles. The highest BCUT2D eigenvalue weighted by molar-refractivity contribution is 14.0. The van der Waals surface area contributed by atoms with Crippen LogP contribution in [0.5, 0.6) is 0 Å². The first kappa shape index (κ1) is 25.6. The van der Waals surface area contributed by atoms with Crippen molar-refractivity contribution in [3.05, 3.63) is 53.7 Å². The number of hydrogen-bond acceptors (Lipinski definition) is 4. The smallest absolute Gasteiger partial charge is 0.191 e. The second-order valence-electron chi connectivity index (χ2n) is 9.30. The van der Waals surface area contributed by atoms with Gasteiger partial charge in [-0.25, -0.2) is 4.98 Å². The lowest BCUT2D eigenvalue weighted by Crippen LogP contribution is -2.48. The maximum Gasteiger partial charge on any atom is 0.191 e. The van der Waals surface area contributed by atoms with Crippen molar-refractivity contribution in [1.82, 2.24) is 15.6 Å². The summed E-state index contributed by atoms with van der Waals surface area (Å²) in [6, 6.07) is 15.7. The summed E-state index contributed by atoms with van der Waals surface area (Å²) < 4.78 is 0. The van der Waals surface area contributed by atoms with E-state index >= 15 is 0 Å². The van der Waals surface area contributed by atoms with Crippen LogP contribution >= 0.6 is 24.0 Å². The fraction of sp³-hybridized carbons (Fsp3) is 0.538. The van der Waals surface area contributed by atoms with E-state index in [1.807, 2.05) is 7.05 Å². The number of anilines is 2. The van der Waals surface area contributed by atoms with Gasteiger partial charge in [0.25, 0.3) is 0 Å². The summed E-state index contributed by atoms with van der Waals surface area (Å²) in [6.45, 7) is 9.57. The van der Waals surface area contributed by atoms with Gasteiger partial charge in [-0.2, -0.15) is 0 Å². The van der Waals surface area contributed by atoms with Crippen LogP contribution in [0.1, 0.15) is 43.9 Å². The molecule has 0 bridgehead atoms. The summed E-state index contributed by atoms with van der Waals surface area (Å²) in [5.41, 5.74) is 3.70. The summed E-state index contributed by atoms with van der Waals surface area (Å²) in [6.07, 6.45) is 4.76. The predicted octanol–water partition coefficient (Wildman–Crippen LogP) is 4.58. The van der Waals surface area contributed by atoms with Crippen molar-refractivity contribution in [3.8, 4) is 0 Å². The molecule has 0 saturated carbocycles. The first-order valence-electron chi connectivity index (χ1n) is 12.1. The van der Waals surface area contributed by atoms with Gasteiger partial charge in [-0.05, 0) is 68.4 Å². The molecule has 2 fully saturated rings. The molecule has 7 heteroatoms. The van der Waals surface area contributed by atoms with E-state index < -0.39 is 0 Å². The number of piperidine rings is 2. The number of aryl methyl sites for hydroxylation is 1. The average molecular weight is 563 g/mol. The second-order valence-corrected chi connectivity index (χ2v) is 9.30. The standard InChI is InChI=1S/C26H38N6.HI/c1-20-11-15-31(16-12-20)24-9-7-22(8-10-24)19-28-26(27-3)30-23-13-17-32(18-14-23)25-6-4-5-21(2)29-25;/h4-10,20,23H,11-19H2,1-3H3,(H2,27,28,30);1H. The Labute approximate surface area is 216 Å². The van der Waals surface area contributed by atoms with Crippen LogP contribution in [0.25, 0.3) is 0 Å². The second kappa shape index (κ2) is 12.4. The Kier molecular flexibility index (Phi) is 9.64. The molecular weight excluding hydrogens is 523 g/mol. The van der Waals surface area contributed by atoms with Crippen molar-refractivity contribution >= 4 is 41.4 Å². The number of nitrogens with zero attached hydrogens (tertiary/aromatic N) is 4. The Morgan fingerprint density at radius 1 is 0.970 bits per heavy atom. The zero-order valence-corrected chi connectivity index (χ0v) is 22.6. The van der Waals surface area contributed by atoms with Crippen molar-refractivity contribution < 1.29 is 0 Å². The molecule has 4 rings (SSSR count). The third-order valence-corrected chi connectivity index (χ3v) is 6.80. The number of guanidine groups is 1. The molecule has 180 valence electrons. The van der Waals surface area contributed by atoms with E-state index in [-0.39, 0.29) is 24.0 Å². The lowest BCUT2D eigenvalue weighted by molar-refractivity contribution is 0.438. The third-order valence-electron chi connectivity index (χ3n) is 6.80. The minimum Gasteiger partial charge on any atom is -0.372 e. The van der Waals surface area contributed by atoms with E-state index in [2.05, 4.69) is 86.7 Å². The Balaban J connectivity index is 0.00000306. The van der Waals surface area contributed by atoms with Crippen molar-refractivity contribution in [2.24, 2.45) is 10.9 Å². The molecule has 3 heterocycles. The zero-order chi connectivity index (χ0) is 22.3. The molecule has 0 amide bonds. The van der Waals surface area contributed by atoms with E-state index in [4.69, 9.17) is 0 Å². The normalized spacial score (nSPS) is 18.1. The number of pyridine rings is 1. The first-order valence-corrected chi connectivity index (χ1v) is 12.1. The molecule has 2 aliphatic rings. The molecule has 1 aromatic carbocycles. The van der Waals surface area contributed by atoms with E-state index in [9.17, 15) is 0 Å². The Bertz CT molecular complexity index is 884. The molecular formula is C26H39IN6. The number of nitrogens with one attached hydrogen (secondary N) is 2. The van der Waals surface area contributed by atoms with Gasteiger partial charge in [-0.1, -0.05) is 25.1 Å². The summed E-state index contributed by atoms with van der Waals surface area (Å²) in [7, 11) is 1.85. The van der Waals surface area contributed by atoms with Crippen LogP contribution in [0, 0.1) is 12.8 Å². The molecule has 2 N–H and O–H groups in total. The number of hydrogen-bond donors (Lipinski definition) is 2. The lowest BCUT2D eigenvalue weighted by atomic mass is 9.99. The molecule has 0 spiro atoms. The minimum atomic E-state index is 0. The van der Waals surface area contributed by atoms with Gasteiger partial charge in [-0.15, -0.1) is 24.0 Å². The van der Waals surface area contributed by atoms with Crippen molar-refractivity contribution in [3.63, 3.8) is 0 Å². The van der Waals surface area contributed by atoms with Gasteiger partial charge < -0.3 is 20.4 Å². The third kappa shape index (κ3) is 7.22. The van der Waals surface area contributed by atoms with Crippen LogP contribution in [-0.4, -0.2) is 50.2 Å². The van der Waals surface area contributed by atoms with E-state index in [1.54, 1.807) is 0 Å². The summed E-state index contributed by atoms with van der Waals surface area (Å²) in [5.74, 6) is 2.83. The quantitative estimate of drug-likeness (QED) is 0.318. The summed E-state index contributed by atoms with van der Waals surface area (Å²) in [4.78, 5) is 14.0. The van der Waals surface area contributed by atoms with Crippen molar-refractivity contribution in [1.29, 1.82) is 0 Å². The molecule has 0 aliphatic carbocycles. The van der Waals surface area contributed by atoms with Gasteiger partial charge in [0.15, 0.2) is 5.96 Å². The Morgan fingerprint density at radius 3 is 2.27 bits per heavy atom. The zero-order valence-electron chi connectivity index (χ0n) is 20.3. The van der Waals surface area contributed by atoms with E-state index in [1.165, 1.54) is 37.2 Å². The average Bonchev–Trinajstić information content (AvgIpc) is 2.83. The van der Waals surface area contributed by atoms with Gasteiger partial charge in [0.05, 0.1) is 0 Å². The molecule has 2 aromatic rings. The van der Waals surface area contributed by atoms with Gasteiger partial charge in [0.1, 0.15) is 5.82 Å². The molecule has 33 heavy (non-hydrogen) atoms. The molecule has 0 atom stereocenters. The predicted molar refractivity (Wildman–Crippen MR) is 150 cm³/mol. The maximum absolute atomic E-state index is 4.67. The monoisotopic (exact) mass is 562 g/mol. The van der Waals surface area contributed by atoms with Crippen LogP contribution in [0.15, 0.2) is 47.5 Å². The molecule has 2 saturated heterocycles. The van der Waals surface area contributed by atoms with Gasteiger partial charge in [0.2, 0.25) is 0 Å².